The summed E-state index contributed by atoms with van der Waals surface area (Å²) in [6, 6.07) is 17.7. The summed E-state index contributed by atoms with van der Waals surface area (Å²) < 4.78 is 2.47. The van der Waals surface area contributed by atoms with Crippen molar-refractivity contribution in [3.63, 3.8) is 0 Å². The van der Waals surface area contributed by atoms with Gasteiger partial charge in [0.25, 0.3) is 0 Å². The van der Waals surface area contributed by atoms with Crippen LogP contribution >= 0.6 is 0 Å². The monoisotopic (exact) mass is 484 g/mol. The number of fused-ring (bicyclic) bond motifs is 3. The topological polar surface area (TPSA) is 42.7 Å². The lowest BCUT2D eigenvalue weighted by Crippen LogP contribution is -2.14. The lowest BCUT2D eigenvalue weighted by Gasteiger charge is -2.18. The summed E-state index contributed by atoms with van der Waals surface area (Å²) in [6.07, 6.45) is 8.04. The van der Waals surface area contributed by atoms with E-state index < -0.39 is 0 Å². The van der Waals surface area contributed by atoms with E-state index in [-0.39, 0.29) is 5.41 Å². The molecule has 4 rings (SSSR count). The minimum absolute atomic E-state index is 0.149. The van der Waals surface area contributed by atoms with Crippen molar-refractivity contribution in [3.8, 4) is 0 Å². The Morgan fingerprint density at radius 3 is 2.28 bits per heavy atom. The van der Waals surface area contributed by atoms with Gasteiger partial charge >= 0.3 is 0 Å². The molecule has 4 nitrogen and oxygen atoms in total. The number of unbranched alkanes of at least 4 members (excludes halogenated alkanes) is 3. The van der Waals surface area contributed by atoms with E-state index in [1.807, 2.05) is 0 Å². The second-order valence-electron chi connectivity index (χ2n) is 11.4. The maximum absolute atomic E-state index is 5.25. The van der Waals surface area contributed by atoms with E-state index in [1.54, 1.807) is 0 Å². The average molecular weight is 485 g/mol. The van der Waals surface area contributed by atoms with E-state index >= 15 is 0 Å². The molecule has 0 saturated carbocycles. The van der Waals surface area contributed by atoms with Crippen LogP contribution in [0, 0.1) is 5.41 Å². The predicted molar refractivity (Wildman–Crippen MR) is 154 cm³/mol. The number of para-hydroxylation sites is 1. The van der Waals surface area contributed by atoms with Crippen molar-refractivity contribution in [2.75, 3.05) is 6.54 Å². The van der Waals surface area contributed by atoms with Gasteiger partial charge in [-0.3, -0.25) is 4.98 Å². The van der Waals surface area contributed by atoms with Crippen LogP contribution in [0.3, 0.4) is 0 Å². The van der Waals surface area contributed by atoms with E-state index in [4.69, 9.17) is 9.97 Å². The predicted octanol–water partition coefficient (Wildman–Crippen LogP) is 7.84. The van der Waals surface area contributed by atoms with Gasteiger partial charge in [-0.2, -0.15) is 0 Å². The van der Waals surface area contributed by atoms with Crippen LogP contribution in [0.4, 0.5) is 0 Å². The molecule has 0 radical (unpaired) electrons. The summed E-state index contributed by atoms with van der Waals surface area (Å²) in [7, 11) is 0. The molecule has 4 heteroatoms. The van der Waals surface area contributed by atoms with Crippen molar-refractivity contribution in [1.82, 2.24) is 19.9 Å². The number of aryl methyl sites for hydroxylation is 1. The Hall–Kier alpha value is -2.72. The minimum Gasteiger partial charge on any atom is -0.323 e. The zero-order chi connectivity index (χ0) is 25.5. The van der Waals surface area contributed by atoms with Crippen molar-refractivity contribution in [2.45, 2.75) is 92.7 Å². The molecule has 0 atom stereocenters. The zero-order valence-corrected chi connectivity index (χ0v) is 23.0. The number of nitrogens with zero attached hydrogens (tertiary/aromatic N) is 3. The number of rotatable bonds is 12. The second-order valence-corrected chi connectivity index (χ2v) is 11.4. The van der Waals surface area contributed by atoms with Crippen LogP contribution in [0.15, 0.2) is 48.5 Å². The van der Waals surface area contributed by atoms with Crippen LogP contribution in [0.1, 0.15) is 89.4 Å². The van der Waals surface area contributed by atoms with Crippen LogP contribution in [0.5, 0.6) is 0 Å². The van der Waals surface area contributed by atoms with Crippen molar-refractivity contribution >= 4 is 21.9 Å². The molecule has 2 heterocycles. The Bertz CT molecular complexity index is 1260. The van der Waals surface area contributed by atoms with E-state index in [0.29, 0.717) is 0 Å². The summed E-state index contributed by atoms with van der Waals surface area (Å²) in [6.45, 7) is 14.2. The molecular weight excluding hydrogens is 440 g/mol. The summed E-state index contributed by atoms with van der Waals surface area (Å²) in [5.41, 5.74) is 7.33. The van der Waals surface area contributed by atoms with Crippen molar-refractivity contribution < 1.29 is 0 Å². The molecular formula is C32H44N4. The molecule has 2 aromatic carbocycles. The van der Waals surface area contributed by atoms with Gasteiger partial charge < -0.3 is 9.88 Å². The SMILES string of the molecule is CCCCCNCc1ccc(Cn2c(CCCC)nc3c(CC(C)(C)C)nc4ccccc4c32)cc1. The zero-order valence-electron chi connectivity index (χ0n) is 23.0. The lowest BCUT2D eigenvalue weighted by molar-refractivity contribution is 0.408. The molecule has 0 fully saturated rings. The fraction of sp³-hybridized carbons (Fsp3) is 0.500. The fourth-order valence-electron chi connectivity index (χ4n) is 4.94. The Morgan fingerprint density at radius 2 is 1.56 bits per heavy atom. The first-order chi connectivity index (χ1) is 17.4. The highest BCUT2D eigenvalue weighted by molar-refractivity contribution is 6.03. The van der Waals surface area contributed by atoms with Crippen LogP contribution in [-0.4, -0.2) is 21.1 Å². The van der Waals surface area contributed by atoms with E-state index in [2.05, 4.69) is 93.0 Å². The smallest absolute Gasteiger partial charge is 0.111 e. The molecule has 192 valence electrons. The number of benzene rings is 2. The summed E-state index contributed by atoms with van der Waals surface area (Å²) in [5, 5.41) is 4.78. The normalized spacial score (nSPS) is 12.1. The number of pyridine rings is 1. The first-order valence-electron chi connectivity index (χ1n) is 13.9. The first kappa shape index (κ1) is 26.3. The van der Waals surface area contributed by atoms with Crippen molar-refractivity contribution in [1.29, 1.82) is 0 Å². The third-order valence-electron chi connectivity index (χ3n) is 6.84. The molecule has 0 unspecified atom stereocenters. The van der Waals surface area contributed by atoms with Gasteiger partial charge in [-0.05, 0) is 48.4 Å². The molecule has 0 aliphatic rings. The Labute approximate surface area is 217 Å². The van der Waals surface area contributed by atoms with Crippen molar-refractivity contribution in [3.05, 3.63) is 71.2 Å². The quantitative estimate of drug-likeness (QED) is 0.208. The maximum atomic E-state index is 5.25. The molecule has 0 aliphatic heterocycles. The lowest BCUT2D eigenvalue weighted by atomic mass is 9.89. The molecule has 0 amide bonds. The molecule has 36 heavy (non-hydrogen) atoms. The van der Waals surface area contributed by atoms with Gasteiger partial charge in [0.1, 0.15) is 11.3 Å². The van der Waals surface area contributed by atoms with Gasteiger partial charge in [0.05, 0.1) is 16.7 Å². The molecule has 4 aromatic rings. The largest absolute Gasteiger partial charge is 0.323 e. The Morgan fingerprint density at radius 1 is 0.833 bits per heavy atom. The minimum atomic E-state index is 0.149. The average Bonchev–Trinajstić information content (AvgIpc) is 3.21. The van der Waals surface area contributed by atoms with E-state index in [1.165, 1.54) is 47.1 Å². The number of hydrogen-bond acceptors (Lipinski definition) is 3. The van der Waals surface area contributed by atoms with Gasteiger partial charge in [0, 0.05) is 24.9 Å². The van der Waals surface area contributed by atoms with Gasteiger partial charge in [0.15, 0.2) is 0 Å². The van der Waals surface area contributed by atoms with Crippen LogP contribution in [-0.2, 0) is 25.9 Å². The molecule has 0 bridgehead atoms. The number of aromatic nitrogens is 3. The highest BCUT2D eigenvalue weighted by Gasteiger charge is 2.22. The molecule has 1 N–H and O–H groups in total. The Balaban J connectivity index is 1.70. The van der Waals surface area contributed by atoms with Crippen LogP contribution in [0.25, 0.3) is 21.9 Å². The van der Waals surface area contributed by atoms with Gasteiger partial charge in [-0.1, -0.05) is 96.3 Å². The fourth-order valence-corrected chi connectivity index (χ4v) is 4.94. The van der Waals surface area contributed by atoms with Gasteiger partial charge in [0.2, 0.25) is 0 Å². The Kier molecular flexibility index (Phi) is 8.79. The molecule has 0 aliphatic carbocycles. The van der Waals surface area contributed by atoms with Gasteiger partial charge in [-0.15, -0.1) is 0 Å². The third kappa shape index (κ3) is 6.53. The van der Waals surface area contributed by atoms with Crippen LogP contribution in [0.2, 0.25) is 0 Å². The van der Waals surface area contributed by atoms with E-state index in [9.17, 15) is 0 Å². The standard InChI is InChI=1S/C32H44N4/c1-6-8-12-20-33-22-24-16-18-25(19-17-24)23-36-29(15-9-7-2)35-30-28(21-32(3,4)5)34-27-14-11-10-13-26(27)31(30)36/h10-11,13-14,16-19,33H,6-9,12,15,20-23H2,1-5H3. The maximum Gasteiger partial charge on any atom is 0.111 e. The third-order valence-corrected chi connectivity index (χ3v) is 6.84. The van der Waals surface area contributed by atoms with E-state index in [0.717, 1.165) is 62.0 Å². The number of hydrogen-bond donors (Lipinski definition) is 1. The summed E-state index contributed by atoms with van der Waals surface area (Å²) in [4.78, 5) is 10.4. The van der Waals surface area contributed by atoms with Crippen molar-refractivity contribution in [2.24, 2.45) is 5.41 Å². The highest BCUT2D eigenvalue weighted by atomic mass is 15.1. The van der Waals surface area contributed by atoms with Crippen LogP contribution < -0.4 is 5.32 Å². The summed E-state index contributed by atoms with van der Waals surface area (Å²) >= 11 is 0. The highest BCUT2D eigenvalue weighted by Crippen LogP contribution is 2.32. The number of imidazole rings is 1. The molecule has 0 saturated heterocycles. The molecule has 0 spiro atoms. The second kappa shape index (κ2) is 12.0. The summed E-state index contributed by atoms with van der Waals surface area (Å²) in [5.74, 6) is 1.18. The number of nitrogens with one attached hydrogen (secondary N) is 1. The van der Waals surface area contributed by atoms with Gasteiger partial charge in [-0.25, -0.2) is 4.98 Å². The first-order valence-corrected chi connectivity index (χ1v) is 13.9. The molecule has 2 aromatic heterocycles.